The molecule has 206 valence electrons. The van der Waals surface area contributed by atoms with Gasteiger partial charge < -0.3 is 24.8 Å². The number of hydrogen-bond donors (Lipinski definition) is 3. The topological polar surface area (TPSA) is 173 Å². The Labute approximate surface area is 222 Å². The second-order valence-electron chi connectivity index (χ2n) is 8.76. The maximum atomic E-state index is 15.5. The minimum absolute atomic E-state index is 0.0568. The highest BCUT2D eigenvalue weighted by Crippen LogP contribution is 2.49. The number of nitrogen functional groups attached to an aromatic ring is 1. The minimum atomic E-state index is -4.30. The predicted octanol–water partition coefficient (Wildman–Crippen LogP) is 2.70. The molecule has 0 saturated carbocycles. The van der Waals surface area contributed by atoms with Crippen LogP contribution in [0.5, 0.6) is 5.75 Å². The molecule has 13 nitrogen and oxygen atoms in total. The lowest BCUT2D eigenvalue weighted by atomic mass is 10.1. The van der Waals surface area contributed by atoms with Gasteiger partial charge in [-0.1, -0.05) is 29.8 Å². The molecule has 0 aliphatic carbocycles. The summed E-state index contributed by atoms with van der Waals surface area (Å²) in [6.07, 6.45) is -3.01. The quantitative estimate of drug-likeness (QED) is 0.184. The minimum Gasteiger partial charge on any atom is -0.462 e. The van der Waals surface area contributed by atoms with Gasteiger partial charge in [0.1, 0.15) is 35.8 Å². The van der Waals surface area contributed by atoms with Gasteiger partial charge in [0.2, 0.25) is 0 Å². The molecule has 0 bridgehead atoms. The Hall–Kier alpha value is -2.87. The summed E-state index contributed by atoms with van der Waals surface area (Å²) < 4.78 is 52.2. The number of esters is 1. The van der Waals surface area contributed by atoms with E-state index >= 15 is 4.39 Å². The molecule has 0 radical (unpaired) electrons. The van der Waals surface area contributed by atoms with Gasteiger partial charge in [-0.15, -0.1) is 0 Å². The number of aliphatic hydroxyl groups excluding tert-OH is 1. The first-order chi connectivity index (χ1) is 17.9. The van der Waals surface area contributed by atoms with Crippen molar-refractivity contribution in [1.29, 1.82) is 0 Å². The smallest absolute Gasteiger partial charge is 0.459 e. The third-order valence-corrected chi connectivity index (χ3v) is 7.51. The number of nitrogens with two attached hydrogens (primary N) is 1. The summed E-state index contributed by atoms with van der Waals surface area (Å²) in [5.41, 5.74) is 6.09. The van der Waals surface area contributed by atoms with Crippen molar-refractivity contribution in [3.05, 3.63) is 43.0 Å². The van der Waals surface area contributed by atoms with Crippen molar-refractivity contribution in [2.75, 3.05) is 12.3 Å². The Bertz CT molecular complexity index is 1330. The second-order valence-corrected chi connectivity index (χ2v) is 11.0. The summed E-state index contributed by atoms with van der Waals surface area (Å²) in [4.78, 5) is 24.2. The maximum Gasteiger partial charge on any atom is 0.459 e. The molecule has 1 saturated heterocycles. The number of benzene rings is 1. The van der Waals surface area contributed by atoms with E-state index in [1.165, 1.54) is 25.4 Å². The molecule has 0 amide bonds. The van der Waals surface area contributed by atoms with E-state index in [-0.39, 0.29) is 22.7 Å². The van der Waals surface area contributed by atoms with Crippen LogP contribution in [0.4, 0.5) is 10.2 Å². The Morgan fingerprint density at radius 1 is 1.32 bits per heavy atom. The average molecular weight is 573 g/mol. The standard InChI is InChI=1S/C22H27ClFN6O7P/c1-12(2)35-20(32)13(3)29-38(33,37-14-7-5-4-6-8-14)34-9-15-17(31)22(23,24)21(36-15)30-11-28-16-18(25)26-10-27-19(16)30/h4-8,10-13,15,17,21,31H,9H2,1-3H3,(H,29,33)(H2,25,26,27)/t13-,15+,17+,21+,22+,38?/m0/s1. The summed E-state index contributed by atoms with van der Waals surface area (Å²) >= 11 is 6.07. The summed E-state index contributed by atoms with van der Waals surface area (Å²) in [5, 5.41) is 10.3. The summed E-state index contributed by atoms with van der Waals surface area (Å²) in [6, 6.07) is 6.94. The van der Waals surface area contributed by atoms with Crippen molar-refractivity contribution in [2.45, 2.75) is 56.5 Å². The number of imidazole rings is 1. The third kappa shape index (κ3) is 5.90. The van der Waals surface area contributed by atoms with Crippen LogP contribution < -0.4 is 15.3 Å². The van der Waals surface area contributed by atoms with Crippen molar-refractivity contribution in [2.24, 2.45) is 0 Å². The molecule has 4 rings (SSSR count). The van der Waals surface area contributed by atoms with Crippen molar-refractivity contribution in [1.82, 2.24) is 24.6 Å². The molecule has 38 heavy (non-hydrogen) atoms. The number of halogens is 2. The molecule has 1 unspecified atom stereocenters. The Balaban J connectivity index is 1.54. The number of aliphatic hydroxyl groups is 1. The number of nitrogens with one attached hydrogen (secondary N) is 1. The number of carbonyl (C=O) groups excluding carboxylic acids is 1. The van der Waals surface area contributed by atoms with Gasteiger partial charge in [0, 0.05) is 0 Å². The number of nitrogens with zero attached hydrogens (tertiary/aromatic N) is 4. The molecule has 6 atom stereocenters. The molecule has 0 spiro atoms. The van der Waals surface area contributed by atoms with E-state index in [4.69, 9.17) is 35.9 Å². The van der Waals surface area contributed by atoms with E-state index in [1.54, 1.807) is 32.0 Å². The zero-order chi connectivity index (χ0) is 27.7. The van der Waals surface area contributed by atoms with Crippen molar-refractivity contribution < 1.29 is 37.4 Å². The third-order valence-electron chi connectivity index (χ3n) is 5.45. The van der Waals surface area contributed by atoms with Crippen LogP contribution in [-0.4, -0.2) is 66.7 Å². The van der Waals surface area contributed by atoms with Gasteiger partial charge in [0.05, 0.1) is 19.0 Å². The molecule has 3 aromatic rings. The van der Waals surface area contributed by atoms with Crippen LogP contribution in [0.25, 0.3) is 11.2 Å². The van der Waals surface area contributed by atoms with Gasteiger partial charge in [-0.2, -0.15) is 5.09 Å². The average Bonchev–Trinajstić information content (AvgIpc) is 3.37. The van der Waals surface area contributed by atoms with Crippen LogP contribution in [0.1, 0.15) is 27.0 Å². The van der Waals surface area contributed by atoms with E-state index in [2.05, 4.69) is 20.0 Å². The first-order valence-electron chi connectivity index (χ1n) is 11.5. The van der Waals surface area contributed by atoms with Crippen molar-refractivity contribution in [3.63, 3.8) is 0 Å². The Morgan fingerprint density at radius 2 is 2.03 bits per heavy atom. The number of aromatic nitrogens is 4. The van der Waals surface area contributed by atoms with Crippen LogP contribution in [0.3, 0.4) is 0 Å². The van der Waals surface area contributed by atoms with Gasteiger partial charge in [0.25, 0.3) is 5.13 Å². The molecule has 1 aliphatic rings. The van der Waals surface area contributed by atoms with E-state index in [0.717, 1.165) is 10.9 Å². The van der Waals surface area contributed by atoms with Crippen molar-refractivity contribution >= 4 is 42.3 Å². The lowest BCUT2D eigenvalue weighted by molar-refractivity contribution is -0.149. The van der Waals surface area contributed by atoms with Crippen molar-refractivity contribution in [3.8, 4) is 5.75 Å². The number of fused-ring (bicyclic) bond motifs is 1. The number of hydrogen-bond acceptors (Lipinski definition) is 11. The lowest BCUT2D eigenvalue weighted by Gasteiger charge is -2.25. The summed E-state index contributed by atoms with van der Waals surface area (Å²) in [7, 11) is -4.30. The van der Waals surface area contributed by atoms with Crippen LogP contribution in [-0.2, 0) is 23.4 Å². The number of alkyl halides is 2. The molecule has 1 aliphatic heterocycles. The fraction of sp³-hybridized carbons (Fsp3) is 0.455. The summed E-state index contributed by atoms with van der Waals surface area (Å²) in [5.74, 6) is -0.478. The molecular weight excluding hydrogens is 546 g/mol. The van der Waals surface area contributed by atoms with Crippen LogP contribution in [0.15, 0.2) is 43.0 Å². The molecule has 1 fully saturated rings. The highest BCUT2D eigenvalue weighted by atomic mass is 35.5. The number of rotatable bonds is 10. The largest absolute Gasteiger partial charge is 0.462 e. The zero-order valence-electron chi connectivity index (χ0n) is 20.6. The normalized spacial score (nSPS) is 25.8. The van der Waals surface area contributed by atoms with Crippen LogP contribution in [0, 0.1) is 0 Å². The van der Waals surface area contributed by atoms with Gasteiger partial charge in [0.15, 0.2) is 17.7 Å². The Morgan fingerprint density at radius 3 is 2.71 bits per heavy atom. The van der Waals surface area contributed by atoms with E-state index in [9.17, 15) is 14.5 Å². The number of para-hydroxylation sites is 1. The maximum absolute atomic E-state index is 15.5. The molecule has 2 aromatic heterocycles. The van der Waals surface area contributed by atoms with Crippen LogP contribution >= 0.6 is 19.3 Å². The van der Waals surface area contributed by atoms with E-state index in [0.29, 0.717) is 0 Å². The molecule has 16 heteroatoms. The highest BCUT2D eigenvalue weighted by Gasteiger charge is 2.58. The first-order valence-corrected chi connectivity index (χ1v) is 13.4. The zero-order valence-corrected chi connectivity index (χ0v) is 22.3. The van der Waals surface area contributed by atoms with Gasteiger partial charge in [-0.05, 0) is 32.9 Å². The fourth-order valence-corrected chi connectivity index (χ4v) is 5.45. The molecule has 4 N–H and O–H groups in total. The van der Waals surface area contributed by atoms with E-state index < -0.39 is 56.0 Å². The number of carbonyl (C=O) groups is 1. The number of ether oxygens (including phenoxy) is 2. The lowest BCUT2D eigenvalue weighted by Crippen LogP contribution is -2.40. The first kappa shape index (κ1) is 28.1. The van der Waals surface area contributed by atoms with Crippen LogP contribution in [0.2, 0.25) is 0 Å². The molecule has 3 heterocycles. The summed E-state index contributed by atoms with van der Waals surface area (Å²) in [6.45, 7) is 4.10. The number of anilines is 1. The highest BCUT2D eigenvalue weighted by molar-refractivity contribution is 7.52. The fourth-order valence-electron chi connectivity index (χ4n) is 3.65. The monoisotopic (exact) mass is 572 g/mol. The molecular formula is C22H27ClFN6O7P. The second kappa shape index (κ2) is 11.1. The SMILES string of the molecule is CC(C)OC(=O)[C@H](C)NP(=O)(OC[C@H]1O[C@@H](n2cnc3c(N)ncnc32)[C@@](F)(Cl)[C@@H]1O)Oc1ccccc1. The van der Waals surface area contributed by atoms with Gasteiger partial charge in [-0.25, -0.2) is 23.9 Å². The van der Waals surface area contributed by atoms with Gasteiger partial charge >= 0.3 is 13.7 Å². The Kier molecular flexibility index (Phi) is 8.21. The van der Waals surface area contributed by atoms with E-state index in [1.807, 2.05) is 0 Å². The predicted molar refractivity (Wildman–Crippen MR) is 134 cm³/mol. The molecule has 1 aromatic carbocycles. The van der Waals surface area contributed by atoms with Gasteiger partial charge in [-0.3, -0.25) is 13.9 Å².